The monoisotopic (exact) mass is 351 g/mol. The van der Waals surface area contributed by atoms with Crippen LogP contribution in [0.3, 0.4) is 0 Å². The number of nitrogens with zero attached hydrogens (tertiary/aromatic N) is 3. The molecule has 1 aromatic heterocycles. The van der Waals surface area contributed by atoms with Crippen LogP contribution in [-0.4, -0.2) is 34.7 Å². The first-order valence-corrected chi connectivity index (χ1v) is 6.78. The molecule has 8 heteroatoms. The Morgan fingerprint density at radius 1 is 1.33 bits per heavy atom. The fourth-order valence-corrected chi connectivity index (χ4v) is 2.00. The molecule has 0 unspecified atom stereocenters. The molecule has 0 radical (unpaired) electrons. The minimum absolute atomic E-state index is 0.102. The molecule has 0 atom stereocenters. The fourth-order valence-electron chi connectivity index (χ4n) is 1.74. The first-order chi connectivity index (χ1) is 10.1. The van der Waals surface area contributed by atoms with Crippen LogP contribution < -0.4 is 5.32 Å². The van der Waals surface area contributed by atoms with Gasteiger partial charge >= 0.3 is 6.03 Å². The molecule has 1 N–H and O–H groups in total. The zero-order valence-corrected chi connectivity index (χ0v) is 12.2. The van der Waals surface area contributed by atoms with Crippen molar-refractivity contribution < 1.29 is 14.0 Å². The molecule has 1 aromatic carbocycles. The third-order valence-electron chi connectivity index (χ3n) is 2.73. The highest BCUT2D eigenvalue weighted by atomic mass is 79.9. The van der Waals surface area contributed by atoms with E-state index in [1.54, 1.807) is 6.20 Å². The SMILES string of the molecule is O=[13C]1[13CH2]N(N=Cc2ncc(-c3ccc(Br)cc3)o2)[13C](=O)N1. The second-order valence-electron chi connectivity index (χ2n) is 4.23. The Labute approximate surface area is 127 Å². The van der Waals surface area contributed by atoms with Crippen molar-refractivity contribution in [1.82, 2.24) is 15.3 Å². The van der Waals surface area contributed by atoms with Crippen molar-refractivity contribution in [2.75, 3.05) is 6.54 Å². The molecule has 1 saturated heterocycles. The van der Waals surface area contributed by atoms with Gasteiger partial charge in [-0.1, -0.05) is 28.1 Å². The summed E-state index contributed by atoms with van der Waals surface area (Å²) in [5, 5.41) is 6.98. The molecule has 3 amide bonds. The number of benzene rings is 1. The Morgan fingerprint density at radius 3 is 2.76 bits per heavy atom. The van der Waals surface area contributed by atoms with Crippen molar-refractivity contribution in [1.29, 1.82) is 0 Å². The van der Waals surface area contributed by atoms with Crippen LogP contribution in [0.4, 0.5) is 4.79 Å². The first kappa shape index (κ1) is 13.5. The zero-order valence-electron chi connectivity index (χ0n) is 10.6. The van der Waals surface area contributed by atoms with Crippen LogP contribution in [0, 0.1) is 0 Å². The molecule has 0 aliphatic carbocycles. The maximum absolute atomic E-state index is 11.3. The molecule has 0 bridgehead atoms. The van der Waals surface area contributed by atoms with E-state index in [-0.39, 0.29) is 18.3 Å². The van der Waals surface area contributed by atoms with Gasteiger partial charge in [0.15, 0.2) is 5.76 Å². The number of aromatic nitrogens is 1. The van der Waals surface area contributed by atoms with Gasteiger partial charge in [0.2, 0.25) is 11.8 Å². The normalized spacial score (nSPS) is 15.0. The summed E-state index contributed by atoms with van der Waals surface area (Å²) in [4.78, 5) is 26.3. The maximum atomic E-state index is 11.3. The van der Waals surface area contributed by atoms with E-state index in [9.17, 15) is 9.59 Å². The van der Waals surface area contributed by atoms with Gasteiger partial charge in [0.25, 0.3) is 0 Å². The zero-order chi connectivity index (χ0) is 14.8. The highest BCUT2D eigenvalue weighted by Gasteiger charge is 2.26. The highest BCUT2D eigenvalue weighted by Crippen LogP contribution is 2.22. The molecule has 7 nitrogen and oxygen atoms in total. The minimum atomic E-state index is -0.559. The first-order valence-electron chi connectivity index (χ1n) is 5.99. The van der Waals surface area contributed by atoms with Crippen LogP contribution in [-0.2, 0) is 4.79 Å². The topological polar surface area (TPSA) is 87.8 Å². The van der Waals surface area contributed by atoms with E-state index in [2.05, 4.69) is 31.3 Å². The Morgan fingerprint density at radius 2 is 2.10 bits per heavy atom. The summed E-state index contributed by atoms with van der Waals surface area (Å²) in [6, 6.07) is 7.00. The molecule has 0 spiro atoms. The lowest BCUT2D eigenvalue weighted by molar-refractivity contribution is -0.118. The number of oxazole rings is 1. The van der Waals surface area contributed by atoms with Gasteiger partial charge in [-0.25, -0.2) is 14.8 Å². The van der Waals surface area contributed by atoms with Crippen molar-refractivity contribution in [2.45, 2.75) is 0 Å². The molecule has 1 aliphatic heterocycles. The highest BCUT2D eigenvalue weighted by molar-refractivity contribution is 9.10. The predicted octanol–water partition coefficient (Wildman–Crippen LogP) is 1.99. The number of rotatable bonds is 3. The van der Waals surface area contributed by atoms with Crippen molar-refractivity contribution in [2.24, 2.45) is 5.10 Å². The van der Waals surface area contributed by atoms with Crippen LogP contribution in [0.1, 0.15) is 5.89 Å². The van der Waals surface area contributed by atoms with Gasteiger partial charge in [-0.05, 0) is 12.1 Å². The van der Waals surface area contributed by atoms with Crippen molar-refractivity contribution in [3.8, 4) is 11.3 Å². The van der Waals surface area contributed by atoms with Crippen LogP contribution >= 0.6 is 15.9 Å². The van der Waals surface area contributed by atoms with Crippen LogP contribution in [0.25, 0.3) is 11.3 Å². The van der Waals surface area contributed by atoms with Gasteiger partial charge in [0.05, 0.1) is 6.20 Å². The van der Waals surface area contributed by atoms with Gasteiger partial charge < -0.3 is 4.42 Å². The lowest BCUT2D eigenvalue weighted by Crippen LogP contribution is -2.24. The lowest BCUT2D eigenvalue weighted by atomic mass is 10.2. The average Bonchev–Trinajstić information content (AvgIpc) is 3.04. The van der Waals surface area contributed by atoms with Crippen LogP contribution in [0.2, 0.25) is 0 Å². The third kappa shape index (κ3) is 3.00. The van der Waals surface area contributed by atoms with Crippen molar-refractivity contribution in [3.05, 3.63) is 40.8 Å². The summed E-state index contributed by atoms with van der Waals surface area (Å²) in [5.74, 6) is 0.450. The van der Waals surface area contributed by atoms with Crippen LogP contribution in [0.5, 0.6) is 0 Å². The summed E-state index contributed by atoms with van der Waals surface area (Å²) < 4.78 is 6.48. The smallest absolute Gasteiger partial charge is 0.344 e. The molecule has 106 valence electrons. The predicted molar refractivity (Wildman–Crippen MR) is 77.5 cm³/mol. The summed E-state index contributed by atoms with van der Waals surface area (Å²) >= 11 is 3.36. The Bertz CT molecular complexity index is 723. The van der Waals surface area contributed by atoms with E-state index in [1.165, 1.54) is 6.21 Å². The standard InChI is InChI=1S/C13H9BrN4O3/c14-9-3-1-8(2-4-9)10-5-15-12(21-10)6-16-18-7-11(19)17-13(18)20/h1-6H,7H2,(H,17,19,20)/i7+1,11+1,13+1. The van der Waals surface area contributed by atoms with Crippen molar-refractivity contribution >= 4 is 34.1 Å². The van der Waals surface area contributed by atoms with Gasteiger partial charge in [0.1, 0.15) is 12.8 Å². The third-order valence-corrected chi connectivity index (χ3v) is 3.26. The number of urea groups is 1. The van der Waals surface area contributed by atoms with E-state index in [4.69, 9.17) is 4.42 Å². The van der Waals surface area contributed by atoms with E-state index in [0.29, 0.717) is 5.76 Å². The molecule has 2 aromatic rings. The number of hydrogen-bond acceptors (Lipinski definition) is 5. The number of halogens is 1. The summed E-state index contributed by atoms with van der Waals surface area (Å²) in [5.41, 5.74) is 0.874. The quantitative estimate of drug-likeness (QED) is 0.520. The van der Waals surface area contributed by atoms with Gasteiger partial charge in [-0.3, -0.25) is 10.1 Å². The molecular weight excluding hydrogens is 343 g/mol. The van der Waals surface area contributed by atoms with E-state index in [0.717, 1.165) is 15.0 Å². The number of carbonyl (C=O) groups excluding carboxylic acids is 2. The van der Waals surface area contributed by atoms with E-state index >= 15 is 0 Å². The Balaban J connectivity index is 1.75. The lowest BCUT2D eigenvalue weighted by Gasteiger charge is -2.02. The Hall–Kier alpha value is -2.48. The molecule has 2 heterocycles. The molecular formula is C13H9BrN4O3. The average molecular weight is 352 g/mol. The summed E-state index contributed by atoms with van der Waals surface area (Å²) in [6.07, 6.45) is 2.86. The van der Waals surface area contributed by atoms with Crippen LogP contribution in [0.15, 0.2) is 44.5 Å². The maximum Gasteiger partial charge on any atom is 0.344 e. The van der Waals surface area contributed by atoms with Gasteiger partial charge in [-0.15, -0.1) is 0 Å². The molecule has 1 aliphatic rings. The number of carbonyl (C=O) groups is 2. The Kier molecular flexibility index (Phi) is 3.53. The van der Waals surface area contributed by atoms with E-state index in [1.807, 2.05) is 24.3 Å². The van der Waals surface area contributed by atoms with Crippen molar-refractivity contribution in [3.63, 3.8) is 0 Å². The largest absolute Gasteiger partial charge is 0.435 e. The second-order valence-corrected chi connectivity index (χ2v) is 5.14. The molecule has 0 saturated carbocycles. The number of amides is 3. The summed E-state index contributed by atoms with van der Waals surface area (Å²) in [6.45, 7) is -0.102. The second kappa shape index (κ2) is 5.49. The molecule has 1 fully saturated rings. The number of imide groups is 1. The number of nitrogens with one attached hydrogen (secondary N) is 1. The minimum Gasteiger partial charge on any atom is -0.435 e. The van der Waals surface area contributed by atoms with E-state index < -0.39 is 6.03 Å². The number of hydrazone groups is 1. The van der Waals surface area contributed by atoms with Gasteiger partial charge in [0, 0.05) is 10.0 Å². The summed E-state index contributed by atoms with van der Waals surface area (Å²) in [7, 11) is 0. The number of hydrogen-bond donors (Lipinski definition) is 1. The molecule has 3 rings (SSSR count). The van der Waals surface area contributed by atoms with Gasteiger partial charge in [-0.2, -0.15) is 5.10 Å². The fraction of sp³-hybridized carbons (Fsp3) is 0.0769. The molecule has 21 heavy (non-hydrogen) atoms.